The Morgan fingerprint density at radius 1 is 0.917 bits per heavy atom. The minimum Gasteiger partial charge on any atom is -0.436 e. The summed E-state index contributed by atoms with van der Waals surface area (Å²) in [7, 11) is 0. The SMILES string of the molecule is Cc1cccc(-c2cnc3c(n2)oc2ccc4ccccc4c23)c1. The third-order valence-electron chi connectivity index (χ3n) is 4.39. The van der Waals surface area contributed by atoms with E-state index in [-0.39, 0.29) is 0 Å². The highest BCUT2D eigenvalue weighted by atomic mass is 16.3. The van der Waals surface area contributed by atoms with Crippen molar-refractivity contribution in [2.45, 2.75) is 6.92 Å². The maximum absolute atomic E-state index is 5.98. The van der Waals surface area contributed by atoms with Crippen molar-refractivity contribution < 1.29 is 4.42 Å². The molecule has 0 spiro atoms. The van der Waals surface area contributed by atoms with Gasteiger partial charge in [-0.05, 0) is 29.8 Å². The maximum atomic E-state index is 5.98. The van der Waals surface area contributed by atoms with Crippen LogP contribution in [0.4, 0.5) is 0 Å². The van der Waals surface area contributed by atoms with E-state index in [0.29, 0.717) is 5.71 Å². The van der Waals surface area contributed by atoms with E-state index >= 15 is 0 Å². The van der Waals surface area contributed by atoms with Crippen LogP contribution in [0.15, 0.2) is 71.3 Å². The van der Waals surface area contributed by atoms with E-state index in [4.69, 9.17) is 9.40 Å². The minimum atomic E-state index is 0.584. The summed E-state index contributed by atoms with van der Waals surface area (Å²) in [5.74, 6) is 0. The van der Waals surface area contributed by atoms with Crippen LogP contribution < -0.4 is 0 Å². The number of hydrogen-bond acceptors (Lipinski definition) is 3. The smallest absolute Gasteiger partial charge is 0.246 e. The molecule has 0 unspecified atom stereocenters. The molecule has 0 bridgehead atoms. The summed E-state index contributed by atoms with van der Waals surface area (Å²) in [4.78, 5) is 9.37. The number of aromatic nitrogens is 2. The first-order valence-electron chi connectivity index (χ1n) is 7.94. The molecule has 0 radical (unpaired) electrons. The Morgan fingerprint density at radius 2 is 1.83 bits per heavy atom. The third kappa shape index (κ3) is 1.91. The molecule has 0 saturated heterocycles. The van der Waals surface area contributed by atoms with E-state index < -0.39 is 0 Å². The predicted octanol–water partition coefficient (Wildman–Crippen LogP) is 5.50. The first-order chi connectivity index (χ1) is 11.8. The zero-order valence-corrected chi connectivity index (χ0v) is 13.2. The van der Waals surface area contributed by atoms with Gasteiger partial charge >= 0.3 is 0 Å². The molecule has 2 heterocycles. The molecule has 5 aromatic rings. The number of hydrogen-bond donors (Lipinski definition) is 0. The molecule has 3 heteroatoms. The summed E-state index contributed by atoms with van der Waals surface area (Å²) < 4.78 is 5.98. The maximum Gasteiger partial charge on any atom is 0.246 e. The molecule has 2 aromatic heterocycles. The van der Waals surface area contributed by atoms with Gasteiger partial charge in [0.25, 0.3) is 0 Å². The molecule has 0 amide bonds. The summed E-state index contributed by atoms with van der Waals surface area (Å²) in [5, 5.41) is 3.36. The van der Waals surface area contributed by atoms with Gasteiger partial charge in [-0.15, -0.1) is 0 Å². The number of aryl methyl sites for hydroxylation is 1. The van der Waals surface area contributed by atoms with E-state index in [9.17, 15) is 0 Å². The lowest BCUT2D eigenvalue weighted by molar-refractivity contribution is 0.654. The topological polar surface area (TPSA) is 38.9 Å². The van der Waals surface area contributed by atoms with Gasteiger partial charge < -0.3 is 4.42 Å². The van der Waals surface area contributed by atoms with Crippen LogP contribution in [0.3, 0.4) is 0 Å². The Morgan fingerprint density at radius 3 is 2.75 bits per heavy atom. The molecule has 24 heavy (non-hydrogen) atoms. The van der Waals surface area contributed by atoms with Gasteiger partial charge in [0.15, 0.2) is 0 Å². The molecule has 0 aliphatic rings. The summed E-state index contributed by atoms with van der Waals surface area (Å²) in [6.45, 7) is 2.07. The fraction of sp³-hybridized carbons (Fsp3) is 0.0476. The zero-order chi connectivity index (χ0) is 16.1. The molecular formula is C21H14N2O. The molecular weight excluding hydrogens is 296 g/mol. The van der Waals surface area contributed by atoms with Crippen molar-refractivity contribution in [3.63, 3.8) is 0 Å². The van der Waals surface area contributed by atoms with Crippen molar-refractivity contribution in [1.29, 1.82) is 0 Å². The van der Waals surface area contributed by atoms with Gasteiger partial charge in [-0.3, -0.25) is 0 Å². The van der Waals surface area contributed by atoms with Gasteiger partial charge in [-0.25, -0.2) is 9.97 Å². The van der Waals surface area contributed by atoms with Gasteiger partial charge in [0.2, 0.25) is 5.71 Å². The molecule has 3 nitrogen and oxygen atoms in total. The average Bonchev–Trinajstić information content (AvgIpc) is 3.00. The van der Waals surface area contributed by atoms with E-state index in [1.54, 1.807) is 0 Å². The monoisotopic (exact) mass is 310 g/mol. The van der Waals surface area contributed by atoms with Crippen molar-refractivity contribution in [3.05, 3.63) is 72.4 Å². The molecule has 5 rings (SSSR count). The van der Waals surface area contributed by atoms with Crippen molar-refractivity contribution in [2.75, 3.05) is 0 Å². The highest BCUT2D eigenvalue weighted by Gasteiger charge is 2.13. The number of nitrogens with zero attached hydrogens (tertiary/aromatic N) is 2. The number of furan rings is 1. The zero-order valence-electron chi connectivity index (χ0n) is 13.2. The molecule has 0 fully saturated rings. The Bertz CT molecular complexity index is 1220. The van der Waals surface area contributed by atoms with Crippen molar-refractivity contribution in [3.8, 4) is 11.3 Å². The van der Waals surface area contributed by atoms with E-state index in [1.165, 1.54) is 10.9 Å². The van der Waals surface area contributed by atoms with Crippen LogP contribution in [0.2, 0.25) is 0 Å². The van der Waals surface area contributed by atoms with Gasteiger partial charge in [-0.2, -0.15) is 0 Å². The lowest BCUT2D eigenvalue weighted by Gasteiger charge is -2.01. The van der Waals surface area contributed by atoms with Crippen LogP contribution >= 0.6 is 0 Å². The van der Waals surface area contributed by atoms with Crippen LogP contribution in [-0.2, 0) is 0 Å². The van der Waals surface area contributed by atoms with Crippen LogP contribution in [-0.4, -0.2) is 9.97 Å². The number of rotatable bonds is 1. The Labute approximate surface area is 138 Å². The third-order valence-corrected chi connectivity index (χ3v) is 4.39. The molecule has 3 aromatic carbocycles. The van der Waals surface area contributed by atoms with E-state index in [0.717, 1.165) is 33.1 Å². The fourth-order valence-corrected chi connectivity index (χ4v) is 3.24. The van der Waals surface area contributed by atoms with Crippen LogP contribution in [0, 0.1) is 6.92 Å². The summed E-state index contributed by atoms with van der Waals surface area (Å²) in [6.07, 6.45) is 1.83. The van der Waals surface area contributed by atoms with Gasteiger partial charge in [0, 0.05) is 5.56 Å². The Kier molecular flexibility index (Phi) is 2.71. The van der Waals surface area contributed by atoms with Crippen LogP contribution in [0.1, 0.15) is 5.56 Å². The normalized spacial score (nSPS) is 11.5. The molecule has 0 aliphatic heterocycles. The first kappa shape index (κ1) is 13.3. The molecule has 114 valence electrons. The molecule has 0 atom stereocenters. The van der Waals surface area contributed by atoms with Gasteiger partial charge in [0.1, 0.15) is 11.1 Å². The molecule has 0 saturated carbocycles. The average molecular weight is 310 g/mol. The van der Waals surface area contributed by atoms with Gasteiger partial charge in [-0.1, -0.05) is 54.1 Å². The lowest BCUT2D eigenvalue weighted by atomic mass is 10.1. The minimum absolute atomic E-state index is 0.584. The first-order valence-corrected chi connectivity index (χ1v) is 7.94. The van der Waals surface area contributed by atoms with Gasteiger partial charge in [0.05, 0.1) is 17.3 Å². The second-order valence-electron chi connectivity index (χ2n) is 6.04. The highest BCUT2D eigenvalue weighted by Crippen LogP contribution is 2.33. The summed E-state index contributed by atoms with van der Waals surface area (Å²) in [5.41, 5.74) is 5.30. The van der Waals surface area contributed by atoms with Crippen LogP contribution in [0.5, 0.6) is 0 Å². The predicted molar refractivity (Wildman–Crippen MR) is 97.0 cm³/mol. The standard InChI is InChI=1S/C21H14N2O/c1-13-5-4-7-15(11-13)17-12-22-20-19-16-8-3-2-6-14(16)9-10-18(19)24-21(20)23-17/h2-12H,1H3. The van der Waals surface area contributed by atoms with E-state index in [1.807, 2.05) is 36.5 Å². The summed E-state index contributed by atoms with van der Waals surface area (Å²) >= 11 is 0. The van der Waals surface area contributed by atoms with E-state index in [2.05, 4.69) is 42.2 Å². The number of benzene rings is 3. The molecule has 0 N–H and O–H groups in total. The van der Waals surface area contributed by atoms with Crippen LogP contribution in [0.25, 0.3) is 44.2 Å². The largest absolute Gasteiger partial charge is 0.436 e. The Hall–Kier alpha value is -3.20. The second kappa shape index (κ2) is 4.90. The Balaban J connectivity index is 1.82. The number of fused-ring (bicyclic) bond motifs is 5. The van der Waals surface area contributed by atoms with Crippen molar-refractivity contribution >= 4 is 33.0 Å². The molecule has 0 aliphatic carbocycles. The lowest BCUT2D eigenvalue weighted by Crippen LogP contribution is -1.87. The summed E-state index contributed by atoms with van der Waals surface area (Å²) in [6, 6.07) is 20.6. The highest BCUT2D eigenvalue weighted by molar-refractivity contribution is 6.16. The quantitative estimate of drug-likeness (QED) is 0.410. The van der Waals surface area contributed by atoms with Crippen molar-refractivity contribution in [2.24, 2.45) is 0 Å². The fourth-order valence-electron chi connectivity index (χ4n) is 3.24. The van der Waals surface area contributed by atoms with Crippen molar-refractivity contribution in [1.82, 2.24) is 9.97 Å². The second-order valence-corrected chi connectivity index (χ2v) is 6.04.